The fourth-order valence-corrected chi connectivity index (χ4v) is 3.02. The largest absolute Gasteiger partial charge is 0.369 e. The van der Waals surface area contributed by atoms with E-state index in [0.717, 1.165) is 19.1 Å². The summed E-state index contributed by atoms with van der Waals surface area (Å²) in [5.74, 6) is 0. The molecule has 0 spiro atoms. The van der Waals surface area contributed by atoms with Crippen molar-refractivity contribution in [2.75, 3.05) is 18.0 Å². The summed E-state index contributed by atoms with van der Waals surface area (Å²) < 4.78 is 0. The Morgan fingerprint density at radius 3 is 3.00 bits per heavy atom. The van der Waals surface area contributed by atoms with E-state index in [0.29, 0.717) is 5.41 Å². The van der Waals surface area contributed by atoms with E-state index < -0.39 is 0 Å². The highest BCUT2D eigenvalue weighted by atomic mass is 15.2. The van der Waals surface area contributed by atoms with Crippen LogP contribution in [0.25, 0.3) is 0 Å². The first-order valence-corrected chi connectivity index (χ1v) is 7.55. The number of aromatic nitrogens is 1. The van der Waals surface area contributed by atoms with Gasteiger partial charge in [-0.15, -0.1) is 0 Å². The summed E-state index contributed by atoms with van der Waals surface area (Å²) >= 11 is 0. The van der Waals surface area contributed by atoms with E-state index in [4.69, 9.17) is 0 Å². The van der Waals surface area contributed by atoms with Crippen molar-refractivity contribution in [3.8, 4) is 0 Å². The highest BCUT2D eigenvalue weighted by molar-refractivity contribution is 5.52. The predicted molar refractivity (Wildman–Crippen MR) is 79.3 cm³/mol. The number of rotatable bonds is 4. The Morgan fingerprint density at radius 2 is 2.26 bits per heavy atom. The number of nitrogens with one attached hydrogen (secondary N) is 1. The van der Waals surface area contributed by atoms with Crippen LogP contribution in [0.5, 0.6) is 0 Å². The lowest BCUT2D eigenvalue weighted by atomic mass is 9.84. The van der Waals surface area contributed by atoms with Gasteiger partial charge in [0.2, 0.25) is 0 Å². The topological polar surface area (TPSA) is 28.2 Å². The summed E-state index contributed by atoms with van der Waals surface area (Å²) in [6.45, 7) is 8.05. The van der Waals surface area contributed by atoms with Gasteiger partial charge in [-0.2, -0.15) is 0 Å². The normalized spacial score (nSPS) is 22.5. The molecule has 1 saturated carbocycles. The zero-order chi connectivity index (χ0) is 13.3. The van der Waals surface area contributed by atoms with Gasteiger partial charge in [0, 0.05) is 31.9 Å². The number of pyridine rings is 1. The van der Waals surface area contributed by atoms with Crippen LogP contribution in [0, 0.1) is 5.41 Å². The SMILES string of the molecule is CC1(C)CCCN(c2cnccc2CNC2CC2)C1. The van der Waals surface area contributed by atoms with E-state index in [1.807, 2.05) is 12.4 Å². The molecule has 0 atom stereocenters. The van der Waals surface area contributed by atoms with E-state index in [2.05, 4.69) is 35.1 Å². The van der Waals surface area contributed by atoms with Crippen LogP contribution in [0.1, 0.15) is 45.1 Å². The minimum atomic E-state index is 0.426. The summed E-state index contributed by atoms with van der Waals surface area (Å²) in [6.07, 6.45) is 9.28. The van der Waals surface area contributed by atoms with Crippen molar-refractivity contribution in [2.24, 2.45) is 5.41 Å². The van der Waals surface area contributed by atoms with Crippen LogP contribution in [0.2, 0.25) is 0 Å². The summed E-state index contributed by atoms with van der Waals surface area (Å²) in [7, 11) is 0. The Bertz CT molecular complexity index is 437. The van der Waals surface area contributed by atoms with E-state index in [-0.39, 0.29) is 0 Å². The number of hydrogen-bond donors (Lipinski definition) is 1. The molecule has 1 saturated heterocycles. The molecule has 0 amide bonds. The van der Waals surface area contributed by atoms with Gasteiger partial charge in [0.15, 0.2) is 0 Å². The summed E-state index contributed by atoms with van der Waals surface area (Å²) in [4.78, 5) is 6.87. The molecular formula is C16H25N3. The minimum Gasteiger partial charge on any atom is -0.369 e. The fraction of sp³-hybridized carbons (Fsp3) is 0.688. The van der Waals surface area contributed by atoms with Crippen LogP contribution in [-0.2, 0) is 6.54 Å². The van der Waals surface area contributed by atoms with Gasteiger partial charge in [0.05, 0.1) is 11.9 Å². The number of nitrogens with zero attached hydrogens (tertiary/aromatic N) is 2. The fourth-order valence-electron chi connectivity index (χ4n) is 3.02. The third-order valence-corrected chi connectivity index (χ3v) is 4.29. The second-order valence-electron chi connectivity index (χ2n) is 6.85. The Labute approximate surface area is 116 Å². The summed E-state index contributed by atoms with van der Waals surface area (Å²) in [6, 6.07) is 2.94. The summed E-state index contributed by atoms with van der Waals surface area (Å²) in [5, 5.41) is 3.62. The number of piperidine rings is 1. The second kappa shape index (κ2) is 5.12. The molecule has 0 bridgehead atoms. The first-order chi connectivity index (χ1) is 9.14. The van der Waals surface area contributed by atoms with Crippen LogP contribution in [-0.4, -0.2) is 24.1 Å². The first-order valence-electron chi connectivity index (χ1n) is 7.55. The van der Waals surface area contributed by atoms with Crippen molar-refractivity contribution in [2.45, 2.75) is 52.1 Å². The van der Waals surface area contributed by atoms with Gasteiger partial charge in [0.25, 0.3) is 0 Å². The molecular weight excluding hydrogens is 234 g/mol. The van der Waals surface area contributed by atoms with Crippen LogP contribution in [0.4, 0.5) is 5.69 Å². The van der Waals surface area contributed by atoms with Crippen molar-refractivity contribution in [3.63, 3.8) is 0 Å². The monoisotopic (exact) mass is 259 g/mol. The maximum atomic E-state index is 4.34. The molecule has 1 N–H and O–H groups in total. The lowest BCUT2D eigenvalue weighted by Gasteiger charge is -2.40. The molecule has 3 rings (SSSR count). The van der Waals surface area contributed by atoms with E-state index in [9.17, 15) is 0 Å². The number of hydrogen-bond acceptors (Lipinski definition) is 3. The molecule has 0 radical (unpaired) electrons. The average molecular weight is 259 g/mol. The highest BCUT2D eigenvalue weighted by Crippen LogP contribution is 2.33. The molecule has 1 aliphatic carbocycles. The van der Waals surface area contributed by atoms with Crippen LogP contribution in [0.3, 0.4) is 0 Å². The quantitative estimate of drug-likeness (QED) is 0.901. The van der Waals surface area contributed by atoms with E-state index >= 15 is 0 Å². The van der Waals surface area contributed by atoms with Gasteiger partial charge >= 0.3 is 0 Å². The first kappa shape index (κ1) is 12.9. The zero-order valence-electron chi connectivity index (χ0n) is 12.2. The second-order valence-corrected chi connectivity index (χ2v) is 6.85. The van der Waals surface area contributed by atoms with Crippen LogP contribution < -0.4 is 10.2 Å². The van der Waals surface area contributed by atoms with E-state index in [1.54, 1.807) is 0 Å². The summed E-state index contributed by atoms with van der Waals surface area (Å²) in [5.41, 5.74) is 3.16. The maximum Gasteiger partial charge on any atom is 0.0598 e. The van der Waals surface area contributed by atoms with Gasteiger partial charge in [-0.1, -0.05) is 13.8 Å². The Kier molecular flexibility index (Phi) is 3.48. The molecule has 0 unspecified atom stereocenters. The van der Waals surface area contributed by atoms with Gasteiger partial charge in [-0.25, -0.2) is 0 Å². The predicted octanol–water partition coefficient (Wildman–Crippen LogP) is 2.96. The van der Waals surface area contributed by atoms with Gasteiger partial charge in [0.1, 0.15) is 0 Å². The molecule has 1 aliphatic heterocycles. The van der Waals surface area contributed by atoms with E-state index in [1.165, 1.54) is 43.5 Å². The van der Waals surface area contributed by atoms with Crippen LogP contribution in [0.15, 0.2) is 18.5 Å². The molecule has 3 nitrogen and oxygen atoms in total. The lowest BCUT2D eigenvalue weighted by molar-refractivity contribution is 0.292. The standard InChI is InChI=1S/C16H25N3/c1-16(2)7-3-9-19(12-16)15-11-17-8-6-13(15)10-18-14-4-5-14/h6,8,11,14,18H,3-5,7,9-10,12H2,1-2H3. The molecule has 1 aromatic heterocycles. The minimum absolute atomic E-state index is 0.426. The smallest absolute Gasteiger partial charge is 0.0598 e. The van der Waals surface area contributed by atoms with Crippen molar-refractivity contribution >= 4 is 5.69 Å². The number of anilines is 1. The zero-order valence-corrected chi connectivity index (χ0v) is 12.2. The molecule has 2 heterocycles. The lowest BCUT2D eigenvalue weighted by Crippen LogP contribution is -2.40. The average Bonchev–Trinajstić information content (AvgIpc) is 3.19. The van der Waals surface area contributed by atoms with Gasteiger partial charge in [-0.05, 0) is 42.7 Å². The Hall–Kier alpha value is -1.09. The Morgan fingerprint density at radius 1 is 1.42 bits per heavy atom. The molecule has 3 heteroatoms. The maximum absolute atomic E-state index is 4.34. The molecule has 0 aromatic carbocycles. The van der Waals surface area contributed by atoms with Gasteiger partial charge < -0.3 is 10.2 Å². The third kappa shape index (κ3) is 3.27. The molecule has 2 aliphatic rings. The Balaban J connectivity index is 1.74. The van der Waals surface area contributed by atoms with Crippen molar-refractivity contribution in [3.05, 3.63) is 24.0 Å². The van der Waals surface area contributed by atoms with Crippen molar-refractivity contribution < 1.29 is 0 Å². The molecule has 1 aromatic rings. The third-order valence-electron chi connectivity index (χ3n) is 4.29. The molecule has 104 valence electrons. The highest BCUT2D eigenvalue weighted by Gasteiger charge is 2.28. The molecule has 2 fully saturated rings. The molecule has 19 heavy (non-hydrogen) atoms. The van der Waals surface area contributed by atoms with Crippen molar-refractivity contribution in [1.29, 1.82) is 0 Å². The van der Waals surface area contributed by atoms with Gasteiger partial charge in [-0.3, -0.25) is 4.98 Å². The van der Waals surface area contributed by atoms with Crippen molar-refractivity contribution in [1.82, 2.24) is 10.3 Å². The van der Waals surface area contributed by atoms with Crippen LogP contribution >= 0.6 is 0 Å².